The largest absolute Gasteiger partial charge is 0.387 e. The minimum Gasteiger partial charge on any atom is -0.387 e. The van der Waals surface area contributed by atoms with Gasteiger partial charge in [-0.15, -0.1) is 0 Å². The summed E-state index contributed by atoms with van der Waals surface area (Å²) in [5, 5.41) is 20.9. The average Bonchev–Trinajstić information content (AvgIpc) is 2.46. The summed E-state index contributed by atoms with van der Waals surface area (Å²) in [4.78, 5) is 0. The number of hydrogen-bond donors (Lipinski definition) is 1. The number of nitriles is 1. The van der Waals surface area contributed by atoms with Gasteiger partial charge in [-0.05, 0) is 56.2 Å². The molecule has 3 unspecified atom stereocenters. The SMILES string of the molecule is CCC1CCCC(C#N)(C(O)c2c(C)cc(C)cc2C)C1. The predicted octanol–water partition coefficient (Wildman–Crippen LogP) is 4.76. The highest BCUT2D eigenvalue weighted by Crippen LogP contribution is 2.49. The van der Waals surface area contributed by atoms with Crippen LogP contribution in [0.3, 0.4) is 0 Å². The van der Waals surface area contributed by atoms with Crippen molar-refractivity contribution in [3.63, 3.8) is 0 Å². The molecule has 1 aliphatic carbocycles. The fourth-order valence-corrected chi connectivity index (χ4v) is 4.08. The van der Waals surface area contributed by atoms with Crippen molar-refractivity contribution in [2.24, 2.45) is 11.3 Å². The number of hydrogen-bond acceptors (Lipinski definition) is 2. The smallest absolute Gasteiger partial charge is 0.0981 e. The Morgan fingerprint density at radius 3 is 2.48 bits per heavy atom. The zero-order valence-electron chi connectivity index (χ0n) is 13.7. The Kier molecular flexibility index (Phi) is 4.74. The second-order valence-electron chi connectivity index (χ2n) is 6.85. The van der Waals surface area contributed by atoms with Gasteiger partial charge in [-0.25, -0.2) is 0 Å². The Hall–Kier alpha value is -1.33. The Morgan fingerprint density at radius 1 is 1.33 bits per heavy atom. The monoisotopic (exact) mass is 285 g/mol. The normalized spacial score (nSPS) is 27.1. The second-order valence-corrected chi connectivity index (χ2v) is 6.85. The number of nitrogens with zero attached hydrogens (tertiary/aromatic N) is 1. The van der Waals surface area contributed by atoms with Crippen molar-refractivity contribution in [3.8, 4) is 6.07 Å². The quantitative estimate of drug-likeness (QED) is 0.870. The van der Waals surface area contributed by atoms with E-state index < -0.39 is 11.5 Å². The van der Waals surface area contributed by atoms with Crippen LogP contribution in [0.25, 0.3) is 0 Å². The predicted molar refractivity (Wildman–Crippen MR) is 85.9 cm³/mol. The van der Waals surface area contributed by atoms with Gasteiger partial charge in [0.25, 0.3) is 0 Å². The van der Waals surface area contributed by atoms with E-state index in [9.17, 15) is 10.4 Å². The molecule has 1 aromatic rings. The van der Waals surface area contributed by atoms with E-state index >= 15 is 0 Å². The second kappa shape index (κ2) is 6.20. The van der Waals surface area contributed by atoms with Gasteiger partial charge in [-0.3, -0.25) is 0 Å². The van der Waals surface area contributed by atoms with Crippen LogP contribution in [-0.4, -0.2) is 5.11 Å². The van der Waals surface area contributed by atoms with Crippen molar-refractivity contribution in [2.45, 2.75) is 65.9 Å². The summed E-state index contributed by atoms with van der Waals surface area (Å²) < 4.78 is 0. The van der Waals surface area contributed by atoms with E-state index in [0.717, 1.165) is 42.4 Å². The molecule has 2 nitrogen and oxygen atoms in total. The molecule has 114 valence electrons. The van der Waals surface area contributed by atoms with E-state index in [1.807, 2.05) is 13.8 Å². The van der Waals surface area contributed by atoms with Crippen LogP contribution in [0.15, 0.2) is 12.1 Å². The topological polar surface area (TPSA) is 44.0 Å². The summed E-state index contributed by atoms with van der Waals surface area (Å²) in [7, 11) is 0. The molecule has 0 heterocycles. The van der Waals surface area contributed by atoms with Crippen LogP contribution in [0.1, 0.15) is 67.4 Å². The first kappa shape index (κ1) is 16.0. The lowest BCUT2D eigenvalue weighted by atomic mass is 9.64. The maximum absolute atomic E-state index is 11.0. The third-order valence-corrected chi connectivity index (χ3v) is 5.22. The molecule has 0 amide bonds. The molecular formula is C19H27NO. The molecule has 1 aromatic carbocycles. The summed E-state index contributed by atoms with van der Waals surface area (Å²) in [5.41, 5.74) is 3.78. The molecule has 0 bridgehead atoms. The standard InChI is InChI=1S/C19H27NO/c1-5-16-7-6-8-19(11-16,12-20)18(21)17-14(3)9-13(2)10-15(17)4/h9-10,16,18,21H,5-8,11H2,1-4H3. The van der Waals surface area contributed by atoms with Crippen LogP contribution in [0.2, 0.25) is 0 Å². The Labute approximate surface area is 128 Å². The Bertz CT molecular complexity index is 534. The molecule has 0 radical (unpaired) electrons. The van der Waals surface area contributed by atoms with Crippen LogP contribution in [0.4, 0.5) is 0 Å². The zero-order chi connectivity index (χ0) is 15.6. The van der Waals surface area contributed by atoms with Crippen molar-refractivity contribution in [3.05, 3.63) is 34.4 Å². The third kappa shape index (κ3) is 2.99. The fraction of sp³-hybridized carbons (Fsp3) is 0.632. The highest BCUT2D eigenvalue weighted by molar-refractivity contribution is 5.40. The van der Waals surface area contributed by atoms with Gasteiger partial charge in [0.15, 0.2) is 0 Å². The first-order valence-electron chi connectivity index (χ1n) is 8.10. The van der Waals surface area contributed by atoms with Crippen LogP contribution in [-0.2, 0) is 0 Å². The molecule has 21 heavy (non-hydrogen) atoms. The molecule has 1 N–H and O–H groups in total. The lowest BCUT2D eigenvalue weighted by Gasteiger charge is -2.40. The van der Waals surface area contributed by atoms with Crippen LogP contribution in [0, 0.1) is 43.4 Å². The van der Waals surface area contributed by atoms with E-state index in [-0.39, 0.29) is 0 Å². The summed E-state index contributed by atoms with van der Waals surface area (Å²) in [6, 6.07) is 6.71. The lowest BCUT2D eigenvalue weighted by molar-refractivity contribution is 0.0177. The number of rotatable bonds is 3. The van der Waals surface area contributed by atoms with Crippen molar-refractivity contribution >= 4 is 0 Å². The summed E-state index contributed by atoms with van der Waals surface area (Å²) in [6.07, 6.45) is 4.31. The molecular weight excluding hydrogens is 258 g/mol. The molecule has 1 aliphatic rings. The molecule has 0 aromatic heterocycles. The van der Waals surface area contributed by atoms with E-state index in [0.29, 0.717) is 5.92 Å². The van der Waals surface area contributed by atoms with Gasteiger partial charge in [0, 0.05) is 0 Å². The van der Waals surface area contributed by atoms with Crippen LogP contribution in [0.5, 0.6) is 0 Å². The maximum atomic E-state index is 11.0. The van der Waals surface area contributed by atoms with Crippen molar-refractivity contribution in [1.29, 1.82) is 5.26 Å². The minimum atomic E-state index is -0.669. The molecule has 0 spiro atoms. The fourth-order valence-electron chi connectivity index (χ4n) is 4.08. The third-order valence-electron chi connectivity index (χ3n) is 5.22. The Balaban J connectivity index is 2.42. The number of aliphatic hydroxyl groups is 1. The summed E-state index contributed by atoms with van der Waals surface area (Å²) in [6.45, 7) is 8.35. The molecule has 3 atom stereocenters. The van der Waals surface area contributed by atoms with E-state index in [2.05, 4.69) is 32.0 Å². The van der Waals surface area contributed by atoms with Crippen molar-refractivity contribution in [1.82, 2.24) is 0 Å². The van der Waals surface area contributed by atoms with Gasteiger partial charge in [0.2, 0.25) is 0 Å². The zero-order valence-corrected chi connectivity index (χ0v) is 13.7. The van der Waals surface area contributed by atoms with Crippen LogP contribution >= 0.6 is 0 Å². The molecule has 0 aliphatic heterocycles. The van der Waals surface area contributed by atoms with Gasteiger partial charge >= 0.3 is 0 Å². The Morgan fingerprint density at radius 2 is 1.95 bits per heavy atom. The first-order valence-corrected chi connectivity index (χ1v) is 8.10. The van der Waals surface area contributed by atoms with Gasteiger partial charge in [-0.1, -0.05) is 43.9 Å². The molecule has 2 heteroatoms. The maximum Gasteiger partial charge on any atom is 0.0981 e. The number of aryl methyl sites for hydroxylation is 3. The molecule has 1 saturated carbocycles. The minimum absolute atomic E-state index is 0.569. The van der Waals surface area contributed by atoms with Crippen molar-refractivity contribution < 1.29 is 5.11 Å². The van der Waals surface area contributed by atoms with Crippen LogP contribution < -0.4 is 0 Å². The van der Waals surface area contributed by atoms with Gasteiger partial charge < -0.3 is 5.11 Å². The molecule has 0 saturated heterocycles. The molecule has 1 fully saturated rings. The summed E-state index contributed by atoms with van der Waals surface area (Å²) >= 11 is 0. The van der Waals surface area contributed by atoms with Gasteiger partial charge in [0.1, 0.15) is 0 Å². The molecule has 2 rings (SSSR count). The lowest BCUT2D eigenvalue weighted by Crippen LogP contribution is -2.34. The first-order chi connectivity index (χ1) is 9.93. The average molecular weight is 285 g/mol. The van der Waals surface area contributed by atoms with Crippen molar-refractivity contribution in [2.75, 3.05) is 0 Å². The summed E-state index contributed by atoms with van der Waals surface area (Å²) in [5.74, 6) is 0.569. The highest BCUT2D eigenvalue weighted by Gasteiger charge is 2.43. The highest BCUT2D eigenvalue weighted by atomic mass is 16.3. The number of benzene rings is 1. The van der Waals surface area contributed by atoms with E-state index in [1.54, 1.807) is 0 Å². The van der Waals surface area contributed by atoms with E-state index in [4.69, 9.17) is 0 Å². The van der Waals surface area contributed by atoms with Gasteiger partial charge in [-0.2, -0.15) is 5.26 Å². The van der Waals surface area contributed by atoms with Gasteiger partial charge in [0.05, 0.1) is 17.6 Å². The van der Waals surface area contributed by atoms with E-state index in [1.165, 1.54) is 12.0 Å². The number of aliphatic hydroxyl groups excluding tert-OH is 1.